The van der Waals surface area contributed by atoms with E-state index in [-0.39, 0.29) is 6.17 Å². The standard InChI is InChI=1S/C45H31N3/c1-2-11-31-25-37(22-21-30(31)10-1)45-47-29-43(34-15-7-13-32(24-34)38-17-9-23-46-28-38)44(48-45)36-16-8-14-33(26-36)42-27-35-12-3-4-18-39(35)40-19-5-6-20-41(40)42/h1-29,45,47H. The Labute approximate surface area is 279 Å². The zero-order valence-corrected chi connectivity index (χ0v) is 26.2. The van der Waals surface area contributed by atoms with Gasteiger partial charge >= 0.3 is 0 Å². The maximum atomic E-state index is 5.46. The van der Waals surface area contributed by atoms with Gasteiger partial charge in [0.05, 0.1) is 5.71 Å². The number of fused-ring (bicyclic) bond motifs is 4. The number of pyridine rings is 1. The van der Waals surface area contributed by atoms with Gasteiger partial charge in [-0.1, -0.05) is 127 Å². The smallest absolute Gasteiger partial charge is 0.145 e. The SMILES string of the molecule is C1=C(c2cccc(-c3cccnc3)c2)C(c2cccc(-c3cc4ccccc4c4ccccc34)c2)=NC(c2ccc3ccccc3c2)N1. The largest absolute Gasteiger partial charge is 0.365 e. The van der Waals surface area contributed by atoms with Crippen molar-refractivity contribution in [2.45, 2.75) is 6.17 Å². The minimum Gasteiger partial charge on any atom is -0.365 e. The van der Waals surface area contributed by atoms with E-state index < -0.39 is 0 Å². The van der Waals surface area contributed by atoms with Crippen molar-refractivity contribution in [2.75, 3.05) is 0 Å². The molecule has 0 saturated carbocycles. The Morgan fingerprint density at radius 2 is 1.15 bits per heavy atom. The zero-order valence-electron chi connectivity index (χ0n) is 26.2. The van der Waals surface area contributed by atoms with E-state index in [1.54, 1.807) is 0 Å². The minimum atomic E-state index is -0.222. The molecule has 0 amide bonds. The first-order valence-corrected chi connectivity index (χ1v) is 16.3. The lowest BCUT2D eigenvalue weighted by Crippen LogP contribution is -2.23. The van der Waals surface area contributed by atoms with E-state index in [0.717, 1.165) is 39.1 Å². The molecule has 0 spiro atoms. The first-order valence-electron chi connectivity index (χ1n) is 16.3. The summed E-state index contributed by atoms with van der Waals surface area (Å²) in [6.07, 6.45) is 5.64. The third-order valence-corrected chi connectivity index (χ3v) is 9.37. The molecule has 8 aromatic rings. The summed E-state index contributed by atoms with van der Waals surface area (Å²) >= 11 is 0. The van der Waals surface area contributed by atoms with Crippen molar-refractivity contribution in [3.05, 3.63) is 193 Å². The molecule has 1 atom stereocenters. The molecule has 3 nitrogen and oxygen atoms in total. The van der Waals surface area contributed by atoms with Gasteiger partial charge in [-0.15, -0.1) is 0 Å². The van der Waals surface area contributed by atoms with Crippen LogP contribution in [-0.2, 0) is 0 Å². The van der Waals surface area contributed by atoms with Crippen molar-refractivity contribution < 1.29 is 0 Å². The average molecular weight is 614 g/mol. The topological polar surface area (TPSA) is 37.3 Å². The van der Waals surface area contributed by atoms with E-state index in [4.69, 9.17) is 4.99 Å². The second-order valence-electron chi connectivity index (χ2n) is 12.3. The summed E-state index contributed by atoms with van der Waals surface area (Å²) in [5, 5.41) is 11.1. The summed E-state index contributed by atoms with van der Waals surface area (Å²) in [7, 11) is 0. The summed E-state index contributed by atoms with van der Waals surface area (Å²) in [4.78, 5) is 9.82. The maximum Gasteiger partial charge on any atom is 0.145 e. The molecule has 0 aliphatic carbocycles. The van der Waals surface area contributed by atoms with Crippen LogP contribution in [0.5, 0.6) is 0 Å². The van der Waals surface area contributed by atoms with Gasteiger partial charge in [-0.25, -0.2) is 0 Å². The number of aliphatic imine (C=N–C) groups is 1. The Morgan fingerprint density at radius 1 is 0.458 bits per heavy atom. The summed E-state index contributed by atoms with van der Waals surface area (Å²) in [6.45, 7) is 0. The summed E-state index contributed by atoms with van der Waals surface area (Å²) < 4.78 is 0. The lowest BCUT2D eigenvalue weighted by atomic mass is 9.89. The van der Waals surface area contributed by atoms with Crippen molar-refractivity contribution >= 4 is 43.6 Å². The molecule has 48 heavy (non-hydrogen) atoms. The van der Waals surface area contributed by atoms with Crippen LogP contribution in [0.3, 0.4) is 0 Å². The average Bonchev–Trinajstić information content (AvgIpc) is 3.17. The van der Waals surface area contributed by atoms with E-state index in [1.165, 1.54) is 43.4 Å². The Bertz CT molecular complexity index is 2550. The van der Waals surface area contributed by atoms with Crippen molar-refractivity contribution in [1.29, 1.82) is 0 Å². The predicted molar refractivity (Wildman–Crippen MR) is 201 cm³/mol. The van der Waals surface area contributed by atoms with Crippen LogP contribution in [-0.4, -0.2) is 10.7 Å². The normalized spacial score (nSPS) is 14.5. The Hall–Kier alpha value is -6.32. The lowest BCUT2D eigenvalue weighted by Gasteiger charge is -2.25. The highest BCUT2D eigenvalue weighted by atomic mass is 15.1. The Morgan fingerprint density at radius 3 is 2.00 bits per heavy atom. The highest BCUT2D eigenvalue weighted by Gasteiger charge is 2.22. The van der Waals surface area contributed by atoms with Gasteiger partial charge in [0.1, 0.15) is 6.17 Å². The van der Waals surface area contributed by atoms with Gasteiger partial charge < -0.3 is 5.32 Å². The summed E-state index contributed by atoms with van der Waals surface area (Å²) in [5.41, 5.74) is 9.91. The number of aromatic nitrogens is 1. The second kappa shape index (κ2) is 11.8. The van der Waals surface area contributed by atoms with E-state index in [9.17, 15) is 0 Å². The van der Waals surface area contributed by atoms with Gasteiger partial charge in [0.15, 0.2) is 0 Å². The molecule has 9 rings (SSSR count). The molecule has 2 heterocycles. The van der Waals surface area contributed by atoms with Crippen LogP contribution in [0.4, 0.5) is 0 Å². The van der Waals surface area contributed by atoms with Gasteiger partial charge in [-0.2, -0.15) is 0 Å². The molecule has 1 aliphatic heterocycles. The quantitative estimate of drug-likeness (QED) is 0.196. The Kier molecular flexibility index (Phi) is 6.87. The molecule has 1 aromatic heterocycles. The van der Waals surface area contributed by atoms with Gasteiger partial charge in [-0.05, 0) is 90.5 Å². The number of benzene rings is 7. The van der Waals surface area contributed by atoms with Crippen molar-refractivity contribution in [1.82, 2.24) is 10.3 Å². The molecule has 1 N–H and O–H groups in total. The highest BCUT2D eigenvalue weighted by molar-refractivity contribution is 6.32. The Balaban J connectivity index is 1.20. The summed E-state index contributed by atoms with van der Waals surface area (Å²) in [5.74, 6) is 0. The minimum absolute atomic E-state index is 0.222. The number of rotatable bonds is 5. The maximum absolute atomic E-state index is 5.46. The third-order valence-electron chi connectivity index (χ3n) is 9.37. The van der Waals surface area contributed by atoms with Gasteiger partial charge in [0.2, 0.25) is 0 Å². The first kappa shape index (κ1) is 27.9. The van der Waals surface area contributed by atoms with Gasteiger partial charge in [-0.3, -0.25) is 9.98 Å². The lowest BCUT2D eigenvalue weighted by molar-refractivity contribution is 0.653. The van der Waals surface area contributed by atoms with E-state index in [2.05, 4.69) is 168 Å². The number of allylic oxidation sites excluding steroid dienone is 1. The van der Waals surface area contributed by atoms with E-state index in [0.29, 0.717) is 0 Å². The van der Waals surface area contributed by atoms with Crippen LogP contribution in [0, 0.1) is 0 Å². The van der Waals surface area contributed by atoms with Crippen molar-refractivity contribution in [3.8, 4) is 22.3 Å². The number of hydrogen-bond acceptors (Lipinski definition) is 3. The molecule has 0 bridgehead atoms. The van der Waals surface area contributed by atoms with Crippen LogP contribution in [0.1, 0.15) is 22.9 Å². The fourth-order valence-corrected chi connectivity index (χ4v) is 6.99. The van der Waals surface area contributed by atoms with Crippen LogP contribution in [0.2, 0.25) is 0 Å². The monoisotopic (exact) mass is 613 g/mol. The number of hydrogen-bond donors (Lipinski definition) is 1. The van der Waals surface area contributed by atoms with Crippen LogP contribution < -0.4 is 5.32 Å². The van der Waals surface area contributed by atoms with Crippen LogP contribution in [0.15, 0.2) is 181 Å². The molecule has 3 heteroatoms. The second-order valence-corrected chi connectivity index (χ2v) is 12.3. The number of nitrogens with one attached hydrogen (secondary N) is 1. The molecule has 0 fully saturated rings. The van der Waals surface area contributed by atoms with Gasteiger partial charge in [0.25, 0.3) is 0 Å². The highest BCUT2D eigenvalue weighted by Crippen LogP contribution is 2.37. The fraction of sp³-hybridized carbons (Fsp3) is 0.0222. The zero-order chi connectivity index (χ0) is 31.9. The molecule has 226 valence electrons. The molecule has 7 aromatic carbocycles. The molecule has 0 saturated heterocycles. The molecule has 0 radical (unpaired) electrons. The van der Waals surface area contributed by atoms with Crippen LogP contribution >= 0.6 is 0 Å². The molecule has 1 unspecified atom stereocenters. The number of nitrogens with zero attached hydrogens (tertiary/aromatic N) is 2. The van der Waals surface area contributed by atoms with Gasteiger partial charge in [0, 0.05) is 35.3 Å². The van der Waals surface area contributed by atoms with E-state index >= 15 is 0 Å². The van der Waals surface area contributed by atoms with Crippen LogP contribution in [0.25, 0.3) is 60.1 Å². The molecular formula is C45H31N3. The van der Waals surface area contributed by atoms with Crippen molar-refractivity contribution in [3.63, 3.8) is 0 Å². The van der Waals surface area contributed by atoms with E-state index in [1.807, 2.05) is 18.5 Å². The van der Waals surface area contributed by atoms with Crippen molar-refractivity contribution in [2.24, 2.45) is 4.99 Å². The third kappa shape index (κ3) is 5.03. The first-order chi connectivity index (χ1) is 23.8. The fourth-order valence-electron chi connectivity index (χ4n) is 6.99. The predicted octanol–water partition coefficient (Wildman–Crippen LogP) is 11.0. The molecule has 1 aliphatic rings. The molecular weight excluding hydrogens is 583 g/mol. The summed E-state index contributed by atoms with van der Waals surface area (Å²) in [6, 6.07) is 56.4.